The number of nitrogens with zero attached hydrogens (tertiary/aromatic N) is 4. The third kappa shape index (κ3) is 3.34. The van der Waals surface area contributed by atoms with E-state index in [1.54, 1.807) is 22.8 Å². The zero-order chi connectivity index (χ0) is 17.1. The molecule has 3 heterocycles. The van der Waals surface area contributed by atoms with Crippen molar-refractivity contribution >= 4 is 23.3 Å². The van der Waals surface area contributed by atoms with Crippen LogP contribution in [-0.2, 0) is 0 Å². The SMILES string of the molecule is CCC(C)Nc1cc(C)cc2nc(NC(=O)c3cccnc3)nn12. The van der Waals surface area contributed by atoms with Gasteiger partial charge in [0.1, 0.15) is 5.82 Å². The van der Waals surface area contributed by atoms with Crippen LogP contribution in [0.4, 0.5) is 11.8 Å². The van der Waals surface area contributed by atoms with Gasteiger partial charge in [-0.1, -0.05) is 6.92 Å². The zero-order valence-corrected chi connectivity index (χ0v) is 13.9. The smallest absolute Gasteiger partial charge is 0.259 e. The summed E-state index contributed by atoms with van der Waals surface area (Å²) in [4.78, 5) is 20.5. The van der Waals surface area contributed by atoms with Gasteiger partial charge in [0.25, 0.3) is 5.91 Å². The van der Waals surface area contributed by atoms with Crippen molar-refractivity contribution in [2.45, 2.75) is 33.2 Å². The van der Waals surface area contributed by atoms with Crippen LogP contribution in [0.5, 0.6) is 0 Å². The van der Waals surface area contributed by atoms with E-state index in [0.29, 0.717) is 17.3 Å². The molecule has 0 bridgehead atoms. The highest BCUT2D eigenvalue weighted by atomic mass is 16.1. The Balaban J connectivity index is 1.90. The first kappa shape index (κ1) is 15.9. The van der Waals surface area contributed by atoms with Gasteiger partial charge >= 0.3 is 0 Å². The summed E-state index contributed by atoms with van der Waals surface area (Å²) < 4.78 is 1.71. The van der Waals surface area contributed by atoms with E-state index >= 15 is 0 Å². The molecule has 1 atom stereocenters. The molecule has 124 valence electrons. The highest BCUT2D eigenvalue weighted by Crippen LogP contribution is 2.17. The van der Waals surface area contributed by atoms with Crippen LogP contribution < -0.4 is 10.6 Å². The molecule has 0 aliphatic heterocycles. The van der Waals surface area contributed by atoms with Gasteiger partial charge in [0.05, 0.1) is 5.56 Å². The second-order valence-electron chi connectivity index (χ2n) is 5.77. The molecule has 3 aromatic heterocycles. The normalized spacial score (nSPS) is 12.1. The number of aryl methyl sites for hydroxylation is 1. The number of aromatic nitrogens is 4. The molecular formula is C17H20N6O. The van der Waals surface area contributed by atoms with E-state index in [0.717, 1.165) is 17.8 Å². The van der Waals surface area contributed by atoms with E-state index in [4.69, 9.17) is 0 Å². The van der Waals surface area contributed by atoms with E-state index in [1.807, 2.05) is 19.1 Å². The standard InChI is InChI=1S/C17H20N6O/c1-4-12(3)19-14-8-11(2)9-15-20-17(22-23(14)15)21-16(24)13-6-5-7-18-10-13/h5-10,12,19H,4H2,1-3H3,(H,21,22,24). The minimum atomic E-state index is -0.285. The monoisotopic (exact) mass is 324 g/mol. The van der Waals surface area contributed by atoms with Gasteiger partial charge in [0.15, 0.2) is 5.65 Å². The van der Waals surface area contributed by atoms with Crippen LogP contribution in [0.15, 0.2) is 36.7 Å². The molecule has 0 aliphatic carbocycles. The fourth-order valence-electron chi connectivity index (χ4n) is 2.30. The molecule has 0 fully saturated rings. The summed E-state index contributed by atoms with van der Waals surface area (Å²) in [5.41, 5.74) is 2.22. The fourth-order valence-corrected chi connectivity index (χ4v) is 2.30. The molecule has 3 rings (SSSR count). The summed E-state index contributed by atoms with van der Waals surface area (Å²) >= 11 is 0. The van der Waals surface area contributed by atoms with Crippen LogP contribution in [0.2, 0.25) is 0 Å². The molecular weight excluding hydrogens is 304 g/mol. The molecule has 0 saturated heterocycles. The van der Waals surface area contributed by atoms with Gasteiger partial charge in [-0.25, -0.2) is 0 Å². The third-order valence-electron chi connectivity index (χ3n) is 3.74. The van der Waals surface area contributed by atoms with Gasteiger partial charge in [-0.15, -0.1) is 5.10 Å². The number of anilines is 2. The maximum atomic E-state index is 12.2. The van der Waals surface area contributed by atoms with Crippen molar-refractivity contribution in [1.82, 2.24) is 19.6 Å². The molecule has 0 radical (unpaired) electrons. The molecule has 1 amide bonds. The van der Waals surface area contributed by atoms with E-state index in [1.165, 1.54) is 6.20 Å². The van der Waals surface area contributed by atoms with Crippen LogP contribution in [0.3, 0.4) is 0 Å². The fraction of sp³-hybridized carbons (Fsp3) is 0.294. The maximum Gasteiger partial charge on any atom is 0.259 e. The zero-order valence-electron chi connectivity index (χ0n) is 13.9. The Labute approximate surface area is 140 Å². The number of carbonyl (C=O) groups is 1. The van der Waals surface area contributed by atoms with Gasteiger partial charge in [-0.05, 0) is 50.1 Å². The third-order valence-corrected chi connectivity index (χ3v) is 3.74. The summed E-state index contributed by atoms with van der Waals surface area (Å²) in [6.07, 6.45) is 4.12. The molecule has 2 N–H and O–H groups in total. The second kappa shape index (κ2) is 6.66. The van der Waals surface area contributed by atoms with Crippen LogP contribution in [0.25, 0.3) is 5.65 Å². The van der Waals surface area contributed by atoms with Crippen molar-refractivity contribution in [2.75, 3.05) is 10.6 Å². The minimum Gasteiger partial charge on any atom is -0.368 e. The van der Waals surface area contributed by atoms with Crippen molar-refractivity contribution in [3.05, 3.63) is 47.8 Å². The molecule has 0 saturated carbocycles. The Morgan fingerprint density at radius 2 is 2.21 bits per heavy atom. The Kier molecular flexibility index (Phi) is 4.41. The lowest BCUT2D eigenvalue weighted by Crippen LogP contribution is -2.16. The van der Waals surface area contributed by atoms with Crippen LogP contribution in [-0.4, -0.2) is 31.5 Å². The first-order chi connectivity index (χ1) is 11.6. The van der Waals surface area contributed by atoms with Gasteiger partial charge in [0, 0.05) is 18.4 Å². The Bertz CT molecular complexity index is 858. The van der Waals surface area contributed by atoms with Crippen LogP contribution in [0, 0.1) is 6.92 Å². The maximum absolute atomic E-state index is 12.2. The molecule has 7 nitrogen and oxygen atoms in total. The van der Waals surface area contributed by atoms with E-state index in [2.05, 4.69) is 39.5 Å². The summed E-state index contributed by atoms with van der Waals surface area (Å²) in [5, 5.41) is 10.5. The number of hydrogen-bond acceptors (Lipinski definition) is 5. The summed E-state index contributed by atoms with van der Waals surface area (Å²) in [7, 11) is 0. The molecule has 0 spiro atoms. The predicted octanol–water partition coefficient (Wildman–Crippen LogP) is 2.90. The van der Waals surface area contributed by atoms with Gasteiger partial charge in [-0.3, -0.25) is 15.1 Å². The number of pyridine rings is 2. The predicted molar refractivity (Wildman–Crippen MR) is 93.3 cm³/mol. The average Bonchev–Trinajstić information content (AvgIpc) is 2.97. The summed E-state index contributed by atoms with van der Waals surface area (Å²) in [6.45, 7) is 6.23. The Hall–Kier alpha value is -2.96. The topological polar surface area (TPSA) is 84.2 Å². The molecule has 0 aliphatic rings. The highest BCUT2D eigenvalue weighted by molar-refractivity contribution is 6.03. The van der Waals surface area contributed by atoms with Crippen molar-refractivity contribution in [3.8, 4) is 0 Å². The van der Waals surface area contributed by atoms with Crippen molar-refractivity contribution < 1.29 is 4.79 Å². The van der Waals surface area contributed by atoms with Crippen LogP contribution >= 0.6 is 0 Å². The number of amides is 1. The van der Waals surface area contributed by atoms with Gasteiger partial charge < -0.3 is 5.32 Å². The number of nitrogens with one attached hydrogen (secondary N) is 2. The lowest BCUT2D eigenvalue weighted by molar-refractivity contribution is 0.102. The van der Waals surface area contributed by atoms with Crippen molar-refractivity contribution in [2.24, 2.45) is 0 Å². The van der Waals surface area contributed by atoms with E-state index in [9.17, 15) is 4.79 Å². The largest absolute Gasteiger partial charge is 0.368 e. The van der Waals surface area contributed by atoms with Crippen molar-refractivity contribution in [3.63, 3.8) is 0 Å². The Morgan fingerprint density at radius 1 is 1.38 bits per heavy atom. The number of rotatable bonds is 5. The number of carbonyl (C=O) groups excluding carboxylic acids is 1. The summed E-state index contributed by atoms with van der Waals surface area (Å²) in [5.74, 6) is 0.836. The Morgan fingerprint density at radius 3 is 2.92 bits per heavy atom. The lowest BCUT2D eigenvalue weighted by Gasteiger charge is -2.14. The minimum absolute atomic E-state index is 0.265. The summed E-state index contributed by atoms with van der Waals surface area (Å²) in [6, 6.07) is 7.66. The van der Waals surface area contributed by atoms with Gasteiger partial charge in [-0.2, -0.15) is 9.50 Å². The molecule has 7 heteroatoms. The van der Waals surface area contributed by atoms with E-state index < -0.39 is 0 Å². The average molecular weight is 324 g/mol. The molecule has 1 unspecified atom stereocenters. The number of fused-ring (bicyclic) bond motifs is 1. The first-order valence-electron chi connectivity index (χ1n) is 7.92. The molecule has 0 aromatic carbocycles. The van der Waals surface area contributed by atoms with Crippen LogP contribution in [0.1, 0.15) is 36.2 Å². The molecule has 3 aromatic rings. The molecule has 24 heavy (non-hydrogen) atoms. The lowest BCUT2D eigenvalue weighted by atomic mass is 10.2. The second-order valence-corrected chi connectivity index (χ2v) is 5.77. The first-order valence-corrected chi connectivity index (χ1v) is 7.92. The van der Waals surface area contributed by atoms with E-state index in [-0.39, 0.29) is 11.9 Å². The van der Waals surface area contributed by atoms with Gasteiger partial charge in [0.2, 0.25) is 5.95 Å². The highest BCUT2D eigenvalue weighted by Gasteiger charge is 2.13. The number of hydrogen-bond donors (Lipinski definition) is 2. The van der Waals surface area contributed by atoms with Crippen molar-refractivity contribution in [1.29, 1.82) is 0 Å². The quantitative estimate of drug-likeness (QED) is 0.754.